The molecule has 10 rings (SSSR count). The first kappa shape index (κ1) is 69.3. The summed E-state index contributed by atoms with van der Waals surface area (Å²) in [5.41, 5.74) is 12.7. The Balaban J connectivity index is 0.668. The van der Waals surface area contributed by atoms with Crippen molar-refractivity contribution in [1.82, 2.24) is 0 Å². The van der Waals surface area contributed by atoms with Crippen LogP contribution in [0.2, 0.25) is 0 Å². The highest BCUT2D eigenvalue weighted by Gasteiger charge is 2.15. The monoisotopic (exact) mass is 1310 g/mol. The van der Waals surface area contributed by atoms with Gasteiger partial charge >= 0.3 is 23.9 Å². The van der Waals surface area contributed by atoms with Gasteiger partial charge in [-0.05, 0) is 234 Å². The molecule has 0 heterocycles. The van der Waals surface area contributed by atoms with Crippen molar-refractivity contribution in [2.75, 3.05) is 37.1 Å². The van der Waals surface area contributed by atoms with Crippen molar-refractivity contribution < 1.29 is 47.6 Å². The average molecular weight is 1310 g/mol. The lowest BCUT2D eigenvalue weighted by Crippen LogP contribution is -2.08. The molecule has 0 aliphatic carbocycles. The van der Waals surface area contributed by atoms with Crippen LogP contribution in [0.5, 0.6) is 23.0 Å². The van der Waals surface area contributed by atoms with Crippen LogP contribution in [-0.2, 0) is 32.2 Å². The number of anilines is 2. The number of hydrogen-bond donors (Lipinski definition) is 2. The first-order valence-electron chi connectivity index (χ1n) is 33.0. The standard InChI is InChI=1S/C82H80N6O10/c1-55(2)79(89)95-49-17-9-7-15-47-93-65-37-27-61(28-38-65)81(91)97-67-33-23-59(24-34-67)53-83-75-43-45-77(71-21-13-11-19-69(71)75)87-85-73-41-31-63(51-57(73)5)64-32-42-74(58(6)52-64)86-88-78-46-44-76(70-20-12-14-22-72(70)78)84-54-60-25-35-68(36-26-60)98-82(92)62-29-39-66(40-30-62)94-48-16-8-10-18-50-96-80(90)56(3)4/h11-14,19-46,51-52,83-84H,1,3,7-10,15-18,47-50,53-54H2,2,4-6H3/b87-85+,88-86+. The van der Waals surface area contributed by atoms with Crippen molar-refractivity contribution in [2.45, 2.75) is 92.2 Å². The SMILES string of the molecule is C=C(C)C(=O)OCCCCCCOc1ccc(C(=O)Oc2ccc(CNc3ccc(/N=N/c4ccc(-c5ccc(/N=N/c6ccc(NCc7ccc(OC(=O)c8ccc(OCCCCCCOC(=O)C(=C)C)cc8)cc7)c7ccccc67)c(C)c5)cc4C)c4ccccc34)cc2)cc1. The van der Waals surface area contributed by atoms with Gasteiger partial charge in [-0.2, -0.15) is 10.2 Å². The van der Waals surface area contributed by atoms with Gasteiger partial charge in [0.15, 0.2) is 0 Å². The van der Waals surface area contributed by atoms with Crippen molar-refractivity contribution in [1.29, 1.82) is 0 Å². The lowest BCUT2D eigenvalue weighted by molar-refractivity contribution is -0.139. The van der Waals surface area contributed by atoms with Crippen LogP contribution in [0.15, 0.2) is 251 Å². The van der Waals surface area contributed by atoms with Gasteiger partial charge in [0.1, 0.15) is 23.0 Å². The van der Waals surface area contributed by atoms with Gasteiger partial charge in [0.25, 0.3) is 0 Å². The number of fused-ring (bicyclic) bond motifs is 2. The Morgan fingerprint density at radius 3 is 1.07 bits per heavy atom. The molecule has 0 atom stereocenters. The zero-order valence-electron chi connectivity index (χ0n) is 55.8. The number of benzene rings is 10. The van der Waals surface area contributed by atoms with E-state index in [1.807, 2.05) is 111 Å². The highest BCUT2D eigenvalue weighted by Crippen LogP contribution is 2.37. The molecular formula is C82H80N6O10. The quantitative estimate of drug-likeness (QED) is 0.0130. The highest BCUT2D eigenvalue weighted by atomic mass is 16.5. The lowest BCUT2D eigenvalue weighted by atomic mass is 10.0. The Bertz CT molecular complexity index is 4220. The number of aryl methyl sites for hydroxylation is 2. The Hall–Kier alpha value is -11.5. The van der Waals surface area contributed by atoms with Crippen LogP contribution in [0.3, 0.4) is 0 Å². The number of esters is 4. The molecule has 0 saturated heterocycles. The maximum absolute atomic E-state index is 13.0. The first-order chi connectivity index (χ1) is 47.7. The highest BCUT2D eigenvalue weighted by molar-refractivity contribution is 6.02. The van der Waals surface area contributed by atoms with E-state index >= 15 is 0 Å². The summed E-state index contributed by atoms with van der Waals surface area (Å²) >= 11 is 0. The minimum Gasteiger partial charge on any atom is -0.494 e. The number of carbonyl (C=O) groups excluding carboxylic acids is 4. The van der Waals surface area contributed by atoms with Crippen LogP contribution >= 0.6 is 0 Å². The Morgan fingerprint density at radius 2 is 0.704 bits per heavy atom. The minimum absolute atomic E-state index is 0.354. The van der Waals surface area contributed by atoms with E-state index in [1.165, 1.54) is 0 Å². The van der Waals surface area contributed by atoms with E-state index in [9.17, 15) is 19.2 Å². The van der Waals surface area contributed by atoms with Crippen LogP contribution < -0.4 is 29.6 Å². The molecule has 0 aliphatic heterocycles. The summed E-state index contributed by atoms with van der Waals surface area (Å²) in [4.78, 5) is 49.0. The van der Waals surface area contributed by atoms with Gasteiger partial charge in [-0.1, -0.05) is 98.1 Å². The van der Waals surface area contributed by atoms with Crippen LogP contribution in [0, 0.1) is 13.8 Å². The molecule has 0 bridgehead atoms. The fourth-order valence-corrected chi connectivity index (χ4v) is 10.7. The fraction of sp³-hybridized carbons (Fsp3) is 0.220. The van der Waals surface area contributed by atoms with Crippen LogP contribution in [0.4, 0.5) is 34.1 Å². The Morgan fingerprint density at radius 1 is 0.367 bits per heavy atom. The second-order valence-corrected chi connectivity index (χ2v) is 23.9. The van der Waals surface area contributed by atoms with Crippen molar-refractivity contribution in [3.63, 3.8) is 0 Å². The number of nitrogens with zero attached hydrogens (tertiary/aromatic N) is 4. The number of nitrogens with one attached hydrogen (secondary N) is 2. The fourth-order valence-electron chi connectivity index (χ4n) is 10.7. The normalized spacial score (nSPS) is 11.2. The predicted molar refractivity (Wildman–Crippen MR) is 387 cm³/mol. The zero-order valence-corrected chi connectivity index (χ0v) is 55.8. The maximum atomic E-state index is 13.0. The number of carbonyl (C=O) groups is 4. The van der Waals surface area contributed by atoms with E-state index in [0.29, 0.717) is 84.8 Å². The smallest absolute Gasteiger partial charge is 0.343 e. The summed E-state index contributed by atoms with van der Waals surface area (Å²) in [6.07, 6.45) is 7.07. The number of rotatable bonds is 33. The summed E-state index contributed by atoms with van der Waals surface area (Å²) in [5, 5.41) is 30.1. The molecule has 0 saturated carbocycles. The molecule has 10 aromatic carbocycles. The van der Waals surface area contributed by atoms with E-state index in [2.05, 4.69) is 60.2 Å². The van der Waals surface area contributed by atoms with E-state index in [0.717, 1.165) is 140 Å². The van der Waals surface area contributed by atoms with Crippen LogP contribution in [0.25, 0.3) is 32.7 Å². The first-order valence-corrected chi connectivity index (χ1v) is 33.0. The Kier molecular flexibility index (Phi) is 24.6. The summed E-state index contributed by atoms with van der Waals surface area (Å²) in [5.74, 6) is 0.617. The number of azo groups is 2. The molecule has 10 aromatic rings. The van der Waals surface area contributed by atoms with Gasteiger partial charge in [-0.25, -0.2) is 19.2 Å². The summed E-state index contributed by atoms with van der Waals surface area (Å²) in [7, 11) is 0. The van der Waals surface area contributed by atoms with Gasteiger partial charge in [0, 0.05) is 57.2 Å². The van der Waals surface area contributed by atoms with Crippen molar-refractivity contribution in [2.24, 2.45) is 20.5 Å². The number of hydrogen-bond acceptors (Lipinski definition) is 16. The largest absolute Gasteiger partial charge is 0.494 e. The van der Waals surface area contributed by atoms with Crippen molar-refractivity contribution >= 4 is 79.5 Å². The summed E-state index contributed by atoms with van der Waals surface area (Å²) < 4.78 is 33.4. The molecular weight excluding hydrogens is 1230 g/mol. The van der Waals surface area contributed by atoms with E-state index in [-0.39, 0.29) is 11.9 Å². The average Bonchev–Trinajstić information content (AvgIpc) is 0.813. The number of unbranched alkanes of at least 4 members (excludes halogenated alkanes) is 6. The lowest BCUT2D eigenvalue weighted by Gasteiger charge is -2.12. The summed E-state index contributed by atoms with van der Waals surface area (Å²) in [6.45, 7) is 17.5. The second kappa shape index (κ2) is 34.8. The molecule has 0 radical (unpaired) electrons. The summed E-state index contributed by atoms with van der Waals surface area (Å²) in [6, 6.07) is 65.4. The minimum atomic E-state index is -0.456. The predicted octanol–water partition coefficient (Wildman–Crippen LogP) is 20.9. The molecule has 98 heavy (non-hydrogen) atoms. The zero-order chi connectivity index (χ0) is 68.6. The number of ether oxygens (including phenoxy) is 6. The third kappa shape index (κ3) is 19.8. The maximum Gasteiger partial charge on any atom is 0.343 e. The molecule has 16 nitrogen and oxygen atoms in total. The molecule has 0 spiro atoms. The van der Waals surface area contributed by atoms with Gasteiger partial charge in [-0.3, -0.25) is 0 Å². The van der Waals surface area contributed by atoms with Crippen molar-refractivity contribution in [3.8, 4) is 34.1 Å². The molecule has 0 amide bonds. The van der Waals surface area contributed by atoms with Gasteiger partial charge in [-0.15, -0.1) is 10.2 Å². The molecule has 16 heteroatoms. The molecule has 0 fully saturated rings. The third-order valence-corrected chi connectivity index (χ3v) is 16.3. The molecule has 0 aromatic heterocycles. The van der Waals surface area contributed by atoms with E-state index in [4.69, 9.17) is 48.9 Å². The Labute approximate surface area is 572 Å². The molecule has 498 valence electrons. The topological polar surface area (TPSA) is 197 Å². The second-order valence-electron chi connectivity index (χ2n) is 23.9. The van der Waals surface area contributed by atoms with Gasteiger partial charge in [0.2, 0.25) is 0 Å². The molecule has 0 aliphatic rings. The van der Waals surface area contributed by atoms with Gasteiger partial charge in [0.05, 0.1) is 60.3 Å². The van der Waals surface area contributed by atoms with Gasteiger partial charge < -0.3 is 39.1 Å². The van der Waals surface area contributed by atoms with Crippen LogP contribution in [0.1, 0.15) is 108 Å². The third-order valence-electron chi connectivity index (χ3n) is 16.3. The van der Waals surface area contributed by atoms with Crippen LogP contribution in [-0.4, -0.2) is 50.3 Å². The van der Waals surface area contributed by atoms with E-state index in [1.54, 1.807) is 86.6 Å². The van der Waals surface area contributed by atoms with Crippen molar-refractivity contribution in [3.05, 3.63) is 264 Å². The molecule has 2 N–H and O–H groups in total. The molecule has 0 unspecified atom stereocenters. The van der Waals surface area contributed by atoms with E-state index < -0.39 is 11.9 Å².